The highest BCUT2D eigenvalue weighted by Crippen LogP contribution is 2.31. The van der Waals surface area contributed by atoms with Crippen LogP contribution in [-0.2, 0) is 4.74 Å². The molecule has 12 heteroatoms. The minimum atomic E-state index is -0.228. The van der Waals surface area contributed by atoms with E-state index in [-0.39, 0.29) is 11.8 Å². The Morgan fingerprint density at radius 1 is 0.976 bits per heavy atom. The van der Waals surface area contributed by atoms with E-state index in [0.717, 1.165) is 54.0 Å². The fourth-order valence-electron chi connectivity index (χ4n) is 5.39. The number of fused-ring (bicyclic) bond motifs is 2. The zero-order valence-corrected chi connectivity index (χ0v) is 22.3. The number of nitrogens with one attached hydrogen (secondary N) is 3. The highest BCUT2D eigenvalue weighted by molar-refractivity contribution is 6.06. The van der Waals surface area contributed by atoms with E-state index in [0.29, 0.717) is 48.8 Å². The Hall–Kier alpha value is -4.81. The summed E-state index contributed by atoms with van der Waals surface area (Å²) >= 11 is 0. The normalized spacial score (nSPS) is 15.9. The van der Waals surface area contributed by atoms with Crippen molar-refractivity contribution in [2.45, 2.75) is 0 Å². The highest BCUT2D eigenvalue weighted by Gasteiger charge is 2.22. The second-order valence-electron chi connectivity index (χ2n) is 10.1. The third-order valence-electron chi connectivity index (χ3n) is 7.60. The second-order valence-corrected chi connectivity index (χ2v) is 10.1. The van der Waals surface area contributed by atoms with Crippen molar-refractivity contribution in [1.29, 1.82) is 0 Å². The standard InChI is InChI=1S/C29H29N9O3/c39-28(20-1-3-31-26(14-20)36-7-4-30-5-8-36)35-21-15-22-23(17-33-27(22)32-16-21)19-2-6-38-25(13-19)24(18-34-38)29(40)37-9-11-41-12-10-37/h1-3,6,13-18,30H,4-5,7-12H2,(H,32,33)(H,35,39). The Balaban J connectivity index is 1.16. The van der Waals surface area contributed by atoms with Crippen LogP contribution in [0.5, 0.6) is 0 Å². The molecule has 5 aromatic heterocycles. The van der Waals surface area contributed by atoms with Crippen molar-refractivity contribution >= 4 is 39.9 Å². The number of aromatic nitrogens is 5. The summed E-state index contributed by atoms with van der Waals surface area (Å²) in [6, 6.07) is 9.36. The van der Waals surface area contributed by atoms with Gasteiger partial charge in [0.2, 0.25) is 0 Å². The number of ether oxygens (including phenoxy) is 1. The molecule has 12 nitrogen and oxygen atoms in total. The van der Waals surface area contributed by atoms with E-state index in [4.69, 9.17) is 4.74 Å². The number of carbonyl (C=O) groups excluding carboxylic acids is 2. The second kappa shape index (κ2) is 10.6. The molecule has 208 valence electrons. The molecule has 2 aliphatic rings. The van der Waals surface area contributed by atoms with Gasteiger partial charge in [-0.2, -0.15) is 5.10 Å². The van der Waals surface area contributed by atoms with Gasteiger partial charge in [0.25, 0.3) is 11.8 Å². The summed E-state index contributed by atoms with van der Waals surface area (Å²) in [5.41, 5.74) is 4.90. The van der Waals surface area contributed by atoms with Crippen molar-refractivity contribution in [3.63, 3.8) is 0 Å². The van der Waals surface area contributed by atoms with Gasteiger partial charge in [-0.3, -0.25) is 9.59 Å². The Morgan fingerprint density at radius 3 is 2.68 bits per heavy atom. The van der Waals surface area contributed by atoms with Crippen LogP contribution in [0.25, 0.3) is 27.7 Å². The van der Waals surface area contributed by atoms with E-state index < -0.39 is 0 Å². The largest absolute Gasteiger partial charge is 0.378 e. The molecule has 0 spiro atoms. The first-order valence-electron chi connectivity index (χ1n) is 13.7. The minimum Gasteiger partial charge on any atom is -0.378 e. The van der Waals surface area contributed by atoms with Crippen LogP contribution in [0.3, 0.4) is 0 Å². The summed E-state index contributed by atoms with van der Waals surface area (Å²) in [5, 5.41) is 11.6. The molecule has 0 bridgehead atoms. The Morgan fingerprint density at radius 2 is 1.83 bits per heavy atom. The molecule has 0 aliphatic carbocycles. The van der Waals surface area contributed by atoms with Crippen LogP contribution in [0, 0.1) is 0 Å². The van der Waals surface area contributed by atoms with Crippen molar-refractivity contribution in [3.05, 3.63) is 72.4 Å². The topological polar surface area (TPSA) is 133 Å². The third-order valence-corrected chi connectivity index (χ3v) is 7.60. The number of piperazine rings is 1. The molecular formula is C29H29N9O3. The number of morpholine rings is 1. The van der Waals surface area contributed by atoms with Crippen molar-refractivity contribution in [1.82, 2.24) is 34.8 Å². The summed E-state index contributed by atoms with van der Waals surface area (Å²) in [6.07, 6.45) is 8.66. The van der Waals surface area contributed by atoms with Gasteiger partial charge in [0, 0.05) is 74.4 Å². The molecule has 7 heterocycles. The summed E-state index contributed by atoms with van der Waals surface area (Å²) < 4.78 is 7.10. The van der Waals surface area contributed by atoms with Crippen molar-refractivity contribution in [2.75, 3.05) is 62.7 Å². The number of hydrogen-bond acceptors (Lipinski definition) is 8. The molecule has 5 aromatic rings. The highest BCUT2D eigenvalue weighted by atomic mass is 16.5. The maximum absolute atomic E-state index is 13.2. The zero-order chi connectivity index (χ0) is 27.8. The van der Waals surface area contributed by atoms with E-state index in [9.17, 15) is 9.59 Å². The van der Waals surface area contributed by atoms with Crippen LogP contribution in [0.2, 0.25) is 0 Å². The van der Waals surface area contributed by atoms with Crippen molar-refractivity contribution < 1.29 is 14.3 Å². The van der Waals surface area contributed by atoms with Crippen molar-refractivity contribution in [3.8, 4) is 11.1 Å². The molecule has 0 atom stereocenters. The zero-order valence-electron chi connectivity index (χ0n) is 22.3. The van der Waals surface area contributed by atoms with Crippen LogP contribution >= 0.6 is 0 Å². The van der Waals surface area contributed by atoms with Gasteiger partial charge >= 0.3 is 0 Å². The van der Waals surface area contributed by atoms with Crippen LogP contribution in [0.15, 0.2) is 61.3 Å². The number of H-pyrrole nitrogens is 1. The van der Waals surface area contributed by atoms with E-state index in [2.05, 4.69) is 35.6 Å². The smallest absolute Gasteiger partial charge is 0.257 e. The number of amides is 2. The van der Waals surface area contributed by atoms with Gasteiger partial charge in [-0.15, -0.1) is 0 Å². The lowest BCUT2D eigenvalue weighted by Gasteiger charge is -2.28. The molecule has 2 amide bonds. The predicted molar refractivity (Wildman–Crippen MR) is 154 cm³/mol. The molecule has 2 fully saturated rings. The van der Waals surface area contributed by atoms with Crippen LogP contribution in [-0.4, -0.2) is 93.8 Å². The van der Waals surface area contributed by atoms with Gasteiger partial charge in [0.15, 0.2) is 0 Å². The Labute approximate surface area is 235 Å². The van der Waals surface area contributed by atoms with E-state index in [1.165, 1.54) is 0 Å². The van der Waals surface area contributed by atoms with Crippen LogP contribution in [0.1, 0.15) is 20.7 Å². The quantitative estimate of drug-likeness (QED) is 0.303. The van der Waals surface area contributed by atoms with Gasteiger partial charge in [-0.05, 0) is 35.9 Å². The monoisotopic (exact) mass is 551 g/mol. The number of nitrogens with zero attached hydrogens (tertiary/aromatic N) is 6. The van der Waals surface area contributed by atoms with E-state index in [1.54, 1.807) is 34.1 Å². The molecule has 2 aliphatic heterocycles. The molecule has 3 N–H and O–H groups in total. The number of carbonyl (C=O) groups is 2. The van der Waals surface area contributed by atoms with Gasteiger partial charge in [0.1, 0.15) is 11.5 Å². The minimum absolute atomic E-state index is 0.0535. The van der Waals surface area contributed by atoms with Crippen LogP contribution < -0.4 is 15.5 Å². The SMILES string of the molecule is O=C(Nc1cnc2[nH]cc(-c3ccn4ncc(C(=O)N5CCOCC5)c4c3)c2c1)c1ccnc(N2CCNCC2)c1. The summed E-state index contributed by atoms with van der Waals surface area (Å²) in [5.74, 6) is 0.513. The van der Waals surface area contributed by atoms with Gasteiger partial charge in [0.05, 0.1) is 42.4 Å². The third kappa shape index (κ3) is 4.87. The van der Waals surface area contributed by atoms with E-state index in [1.807, 2.05) is 36.7 Å². The fourth-order valence-corrected chi connectivity index (χ4v) is 5.39. The molecule has 0 aromatic carbocycles. The number of hydrogen-bond donors (Lipinski definition) is 3. The van der Waals surface area contributed by atoms with Crippen LogP contribution in [0.4, 0.5) is 11.5 Å². The summed E-state index contributed by atoms with van der Waals surface area (Å²) in [4.78, 5) is 42.6. The molecular weight excluding hydrogens is 522 g/mol. The summed E-state index contributed by atoms with van der Waals surface area (Å²) in [6.45, 7) is 5.69. The Bertz CT molecular complexity index is 1750. The number of rotatable bonds is 5. The summed E-state index contributed by atoms with van der Waals surface area (Å²) in [7, 11) is 0. The van der Waals surface area contributed by atoms with Gasteiger partial charge in [-0.25, -0.2) is 14.5 Å². The Kier molecular flexibility index (Phi) is 6.53. The first kappa shape index (κ1) is 25.2. The number of pyridine rings is 3. The van der Waals surface area contributed by atoms with Crippen molar-refractivity contribution in [2.24, 2.45) is 0 Å². The molecule has 41 heavy (non-hydrogen) atoms. The lowest BCUT2D eigenvalue weighted by molar-refractivity contribution is 0.0304. The van der Waals surface area contributed by atoms with Gasteiger partial charge in [-0.1, -0.05) is 0 Å². The predicted octanol–water partition coefficient (Wildman–Crippen LogP) is 2.41. The van der Waals surface area contributed by atoms with Gasteiger partial charge < -0.3 is 30.2 Å². The molecule has 0 unspecified atom stereocenters. The lowest BCUT2D eigenvalue weighted by atomic mass is 10.1. The molecule has 0 saturated carbocycles. The first-order chi connectivity index (χ1) is 20.1. The average Bonchev–Trinajstić information content (AvgIpc) is 3.65. The average molecular weight is 552 g/mol. The number of anilines is 2. The number of aromatic amines is 1. The molecule has 2 saturated heterocycles. The first-order valence-corrected chi connectivity index (χ1v) is 13.7. The maximum Gasteiger partial charge on any atom is 0.257 e. The van der Waals surface area contributed by atoms with E-state index >= 15 is 0 Å². The fraction of sp³-hybridized carbons (Fsp3) is 0.276. The lowest BCUT2D eigenvalue weighted by Crippen LogP contribution is -2.43. The molecule has 0 radical (unpaired) electrons. The maximum atomic E-state index is 13.2. The molecule has 7 rings (SSSR count).